The topological polar surface area (TPSA) is 53.2 Å². The van der Waals surface area contributed by atoms with Gasteiger partial charge >= 0.3 is 0 Å². The Hall–Kier alpha value is -0.590. The lowest BCUT2D eigenvalue weighted by Crippen LogP contribution is -2.50. The summed E-state index contributed by atoms with van der Waals surface area (Å²) in [4.78, 5) is 0. The summed E-state index contributed by atoms with van der Waals surface area (Å²) in [6.45, 7) is 5.40. The minimum absolute atomic E-state index is 0.316. The van der Waals surface area contributed by atoms with Crippen LogP contribution in [0.25, 0.3) is 0 Å². The van der Waals surface area contributed by atoms with Crippen LogP contribution in [0.3, 0.4) is 0 Å². The molecule has 2 rings (SSSR count). The molecule has 3 nitrogen and oxygen atoms in total. The number of nitrogens with zero attached hydrogens (tertiary/aromatic N) is 1. The lowest BCUT2D eigenvalue weighted by Gasteiger charge is -2.46. The molecule has 0 spiro atoms. The zero-order chi connectivity index (χ0) is 11.9. The number of hydrogen-bond acceptors (Lipinski definition) is 3. The van der Waals surface area contributed by atoms with Gasteiger partial charge in [-0.05, 0) is 31.1 Å². The number of ether oxygens (including phenoxy) is 1. The summed E-state index contributed by atoms with van der Waals surface area (Å²) in [6, 6.07) is 2.41. The van der Waals surface area contributed by atoms with Crippen LogP contribution in [0.2, 0.25) is 0 Å². The van der Waals surface area contributed by atoms with E-state index in [1.807, 2.05) is 0 Å². The molecule has 2 fully saturated rings. The largest absolute Gasteiger partial charge is 0.386 e. The van der Waals surface area contributed by atoms with E-state index < -0.39 is 11.0 Å². The third kappa shape index (κ3) is 1.74. The molecule has 1 unspecified atom stereocenters. The molecule has 1 saturated heterocycles. The van der Waals surface area contributed by atoms with Gasteiger partial charge in [-0.3, -0.25) is 0 Å². The van der Waals surface area contributed by atoms with E-state index in [4.69, 9.17) is 4.74 Å². The maximum Gasteiger partial charge on any atom is 0.109 e. The average Bonchev–Trinajstić information content (AvgIpc) is 2.67. The Labute approximate surface area is 97.4 Å². The van der Waals surface area contributed by atoms with Gasteiger partial charge in [0.25, 0.3) is 0 Å². The highest BCUT2D eigenvalue weighted by atomic mass is 16.5. The molecule has 16 heavy (non-hydrogen) atoms. The van der Waals surface area contributed by atoms with Gasteiger partial charge in [0.1, 0.15) is 5.60 Å². The van der Waals surface area contributed by atoms with E-state index in [1.54, 1.807) is 0 Å². The molecule has 0 radical (unpaired) electrons. The molecule has 1 saturated carbocycles. The summed E-state index contributed by atoms with van der Waals surface area (Å²) in [5.41, 5.74) is -1.16. The molecule has 1 N–H and O–H groups in total. The SMILES string of the molecule is CC1(C)CCC(C#N)(C2(O)CCOC2)CC1. The second-order valence-corrected chi connectivity index (χ2v) is 6.19. The van der Waals surface area contributed by atoms with Crippen molar-refractivity contribution < 1.29 is 9.84 Å². The summed E-state index contributed by atoms with van der Waals surface area (Å²) < 4.78 is 5.29. The molecule has 0 aromatic carbocycles. The first kappa shape index (κ1) is 11.9. The zero-order valence-corrected chi connectivity index (χ0v) is 10.3. The fourth-order valence-electron chi connectivity index (χ4n) is 2.97. The number of hydrogen-bond donors (Lipinski definition) is 1. The van der Waals surface area contributed by atoms with Crippen LogP contribution in [0.5, 0.6) is 0 Å². The van der Waals surface area contributed by atoms with E-state index in [0.29, 0.717) is 25.0 Å². The van der Waals surface area contributed by atoms with Crippen LogP contribution < -0.4 is 0 Å². The van der Waals surface area contributed by atoms with Crippen LogP contribution in [0, 0.1) is 22.2 Å². The van der Waals surface area contributed by atoms with Crippen LogP contribution in [-0.2, 0) is 4.74 Å². The third-order valence-electron chi connectivity index (χ3n) is 4.56. The third-order valence-corrected chi connectivity index (χ3v) is 4.56. The van der Waals surface area contributed by atoms with Crippen molar-refractivity contribution in [3.05, 3.63) is 0 Å². The molecule has 0 amide bonds. The van der Waals surface area contributed by atoms with E-state index >= 15 is 0 Å². The molecule has 1 atom stereocenters. The quantitative estimate of drug-likeness (QED) is 0.741. The van der Waals surface area contributed by atoms with Crippen molar-refractivity contribution in [2.45, 2.75) is 51.6 Å². The first-order valence-electron chi connectivity index (χ1n) is 6.15. The molecule has 1 aliphatic heterocycles. The number of aliphatic hydroxyl groups is 1. The standard InChI is InChI=1S/C13H21NO2/c1-11(2)3-5-12(9-14,6-4-11)13(15)7-8-16-10-13/h15H,3-8,10H2,1-2H3. The maximum atomic E-state index is 10.6. The normalized spacial score (nSPS) is 36.9. The lowest BCUT2D eigenvalue weighted by molar-refractivity contribution is -0.0863. The van der Waals surface area contributed by atoms with Gasteiger partial charge in [-0.1, -0.05) is 13.8 Å². The second kappa shape index (κ2) is 3.72. The zero-order valence-electron chi connectivity index (χ0n) is 10.3. The van der Waals surface area contributed by atoms with Crippen LogP contribution in [0.1, 0.15) is 46.0 Å². The van der Waals surface area contributed by atoms with Gasteiger partial charge in [0.05, 0.1) is 18.1 Å². The fraction of sp³-hybridized carbons (Fsp3) is 0.923. The summed E-state index contributed by atoms with van der Waals surface area (Å²) in [5, 5.41) is 20.1. The van der Waals surface area contributed by atoms with Crippen molar-refractivity contribution in [2.75, 3.05) is 13.2 Å². The smallest absolute Gasteiger partial charge is 0.109 e. The van der Waals surface area contributed by atoms with Gasteiger partial charge < -0.3 is 9.84 Å². The summed E-state index contributed by atoms with van der Waals surface area (Å²) in [7, 11) is 0. The van der Waals surface area contributed by atoms with Crippen LogP contribution >= 0.6 is 0 Å². The Morgan fingerprint density at radius 1 is 1.12 bits per heavy atom. The molecule has 1 aliphatic carbocycles. The van der Waals surface area contributed by atoms with Crippen LogP contribution in [0.15, 0.2) is 0 Å². The summed E-state index contributed by atoms with van der Waals surface area (Å²) in [6.07, 6.45) is 4.25. The highest BCUT2D eigenvalue weighted by Gasteiger charge is 2.55. The van der Waals surface area contributed by atoms with Crippen LogP contribution in [-0.4, -0.2) is 23.9 Å². The van der Waals surface area contributed by atoms with Crippen molar-refractivity contribution in [3.8, 4) is 6.07 Å². The van der Waals surface area contributed by atoms with Crippen molar-refractivity contribution in [1.29, 1.82) is 5.26 Å². The van der Waals surface area contributed by atoms with Crippen molar-refractivity contribution in [2.24, 2.45) is 10.8 Å². The van der Waals surface area contributed by atoms with E-state index in [2.05, 4.69) is 19.9 Å². The molecular formula is C13H21NO2. The Bertz CT molecular complexity index is 300. The van der Waals surface area contributed by atoms with Crippen LogP contribution in [0.4, 0.5) is 0 Å². The fourth-order valence-corrected chi connectivity index (χ4v) is 2.97. The lowest BCUT2D eigenvalue weighted by atomic mass is 9.58. The van der Waals surface area contributed by atoms with Crippen molar-refractivity contribution >= 4 is 0 Å². The Morgan fingerprint density at radius 3 is 2.19 bits per heavy atom. The minimum atomic E-state index is -0.905. The molecule has 2 aliphatic rings. The maximum absolute atomic E-state index is 10.6. The molecular weight excluding hydrogens is 202 g/mol. The Balaban J connectivity index is 2.19. The Morgan fingerprint density at radius 2 is 1.75 bits per heavy atom. The predicted octanol–water partition coefficient (Wildman–Crippen LogP) is 2.25. The van der Waals surface area contributed by atoms with Gasteiger partial charge in [-0.15, -0.1) is 0 Å². The van der Waals surface area contributed by atoms with Gasteiger partial charge in [0.15, 0.2) is 0 Å². The van der Waals surface area contributed by atoms with E-state index in [-0.39, 0.29) is 0 Å². The predicted molar refractivity (Wildman–Crippen MR) is 60.7 cm³/mol. The highest BCUT2D eigenvalue weighted by molar-refractivity contribution is 5.15. The summed E-state index contributed by atoms with van der Waals surface area (Å²) >= 11 is 0. The van der Waals surface area contributed by atoms with Crippen molar-refractivity contribution in [3.63, 3.8) is 0 Å². The van der Waals surface area contributed by atoms with Crippen molar-refractivity contribution in [1.82, 2.24) is 0 Å². The van der Waals surface area contributed by atoms with E-state index in [9.17, 15) is 10.4 Å². The van der Waals surface area contributed by atoms with E-state index in [0.717, 1.165) is 25.7 Å². The first-order valence-corrected chi connectivity index (χ1v) is 6.15. The molecule has 0 aromatic heterocycles. The number of nitriles is 1. The van der Waals surface area contributed by atoms with Gasteiger partial charge in [-0.25, -0.2) is 0 Å². The molecule has 1 heterocycles. The monoisotopic (exact) mass is 223 g/mol. The first-order chi connectivity index (χ1) is 7.43. The highest BCUT2D eigenvalue weighted by Crippen LogP contribution is 2.52. The molecule has 0 bridgehead atoms. The Kier molecular flexibility index (Phi) is 2.76. The minimum Gasteiger partial charge on any atom is -0.386 e. The molecule has 0 aromatic rings. The molecule has 90 valence electrons. The summed E-state index contributed by atoms with van der Waals surface area (Å²) in [5.74, 6) is 0. The van der Waals surface area contributed by atoms with E-state index in [1.165, 1.54) is 0 Å². The second-order valence-electron chi connectivity index (χ2n) is 6.19. The van der Waals surface area contributed by atoms with Gasteiger partial charge in [-0.2, -0.15) is 5.26 Å². The van der Waals surface area contributed by atoms with Gasteiger partial charge in [0.2, 0.25) is 0 Å². The number of rotatable bonds is 1. The average molecular weight is 223 g/mol. The molecule has 3 heteroatoms. The van der Waals surface area contributed by atoms with Gasteiger partial charge in [0, 0.05) is 13.0 Å².